The van der Waals surface area contributed by atoms with Gasteiger partial charge in [0.05, 0.1) is 34.6 Å². The summed E-state index contributed by atoms with van der Waals surface area (Å²) in [5.41, 5.74) is -2.51. The largest absolute Gasteiger partial charge is 0.472 e. The molecule has 0 bridgehead atoms. The highest BCUT2D eigenvalue weighted by Crippen LogP contribution is 2.46. The van der Waals surface area contributed by atoms with E-state index in [9.17, 15) is 37.0 Å². The topological polar surface area (TPSA) is 139 Å². The highest BCUT2D eigenvalue weighted by Gasteiger charge is 2.35. The van der Waals surface area contributed by atoms with Crippen LogP contribution in [0, 0.1) is 5.82 Å². The van der Waals surface area contributed by atoms with E-state index in [4.69, 9.17) is 4.74 Å². The molecule has 3 aromatic rings. The summed E-state index contributed by atoms with van der Waals surface area (Å²) in [5.74, 6) is -1.33. The molecule has 40 heavy (non-hydrogen) atoms. The average Bonchev–Trinajstić information content (AvgIpc) is 3.15. The summed E-state index contributed by atoms with van der Waals surface area (Å²) in [7, 11) is -2.65. The number of benzene rings is 1. The first-order valence-electron chi connectivity index (χ1n) is 12.6. The van der Waals surface area contributed by atoms with E-state index in [1.165, 1.54) is 36.6 Å². The molecule has 1 aromatic carbocycles. The fourth-order valence-electron chi connectivity index (χ4n) is 4.57. The Morgan fingerprint density at radius 3 is 2.48 bits per heavy atom. The first-order valence-corrected chi connectivity index (χ1v) is 14.5. The summed E-state index contributed by atoms with van der Waals surface area (Å²) < 4.78 is 67.3. The van der Waals surface area contributed by atoms with Crippen molar-refractivity contribution in [2.75, 3.05) is 18.1 Å². The SMILES string of the molecule is CC(n1c(=O)n(-c2cc(OCC(F)F)ncc2F)c2ccc(C(=O)NC3(C)CCS(O)(O)CC3)cc21)C(C)(C)O. The molecule has 1 unspecified atom stereocenters. The number of pyridine rings is 1. The van der Waals surface area contributed by atoms with E-state index in [1.807, 2.05) is 6.92 Å². The van der Waals surface area contributed by atoms with Crippen molar-refractivity contribution in [1.82, 2.24) is 19.4 Å². The second kappa shape index (κ2) is 10.7. The first kappa shape index (κ1) is 29.9. The first-order chi connectivity index (χ1) is 18.5. The minimum absolute atomic E-state index is 0.175. The summed E-state index contributed by atoms with van der Waals surface area (Å²) in [6, 6.07) is 4.57. The lowest BCUT2D eigenvalue weighted by Crippen LogP contribution is -2.50. The molecule has 10 nitrogen and oxygen atoms in total. The van der Waals surface area contributed by atoms with Crippen LogP contribution in [0.1, 0.15) is 56.9 Å². The Labute approximate surface area is 230 Å². The Kier molecular flexibility index (Phi) is 8.02. The molecule has 1 aliphatic heterocycles. The van der Waals surface area contributed by atoms with E-state index in [1.54, 1.807) is 6.92 Å². The number of imidazole rings is 1. The third-order valence-electron chi connectivity index (χ3n) is 7.33. The molecule has 1 atom stereocenters. The number of ether oxygens (including phenoxy) is 1. The van der Waals surface area contributed by atoms with Crippen molar-refractivity contribution < 1.29 is 36.9 Å². The fourth-order valence-corrected chi connectivity index (χ4v) is 6.33. The Balaban J connectivity index is 1.81. The number of carbonyl (C=O) groups excluding carboxylic acids is 1. The molecule has 3 heterocycles. The molecule has 0 saturated carbocycles. The maximum absolute atomic E-state index is 15.0. The van der Waals surface area contributed by atoms with E-state index in [0.717, 1.165) is 16.8 Å². The number of amides is 1. The molecule has 4 rings (SSSR count). The van der Waals surface area contributed by atoms with Crippen LogP contribution in [-0.4, -0.2) is 69.9 Å². The number of fused-ring (bicyclic) bond motifs is 1. The van der Waals surface area contributed by atoms with Gasteiger partial charge in [-0.25, -0.2) is 22.9 Å². The van der Waals surface area contributed by atoms with E-state index in [0.29, 0.717) is 12.8 Å². The Morgan fingerprint density at radius 2 is 1.88 bits per heavy atom. The molecule has 2 aromatic heterocycles. The molecule has 0 aliphatic carbocycles. The number of nitrogens with zero attached hydrogens (tertiary/aromatic N) is 3. The van der Waals surface area contributed by atoms with Gasteiger partial charge in [0, 0.05) is 28.7 Å². The van der Waals surface area contributed by atoms with E-state index in [-0.39, 0.29) is 39.7 Å². The number of halogens is 3. The van der Waals surface area contributed by atoms with Gasteiger partial charge in [0.1, 0.15) is 0 Å². The number of nitrogens with one attached hydrogen (secondary N) is 1. The molecule has 14 heteroatoms. The van der Waals surface area contributed by atoms with E-state index in [2.05, 4.69) is 10.3 Å². The second-order valence-corrected chi connectivity index (χ2v) is 13.3. The molecule has 1 amide bonds. The highest BCUT2D eigenvalue weighted by atomic mass is 32.3. The van der Waals surface area contributed by atoms with Crippen LogP contribution >= 0.6 is 10.6 Å². The molecule has 1 aliphatic rings. The van der Waals surface area contributed by atoms with Gasteiger partial charge in [0.15, 0.2) is 12.4 Å². The quantitative estimate of drug-likeness (QED) is 0.308. The summed E-state index contributed by atoms with van der Waals surface area (Å²) >= 11 is 0. The van der Waals surface area contributed by atoms with Crippen LogP contribution in [0.25, 0.3) is 16.7 Å². The van der Waals surface area contributed by atoms with Crippen LogP contribution < -0.4 is 15.7 Å². The van der Waals surface area contributed by atoms with Crippen molar-refractivity contribution >= 4 is 27.5 Å². The van der Waals surface area contributed by atoms with Crippen LogP contribution in [0.4, 0.5) is 13.2 Å². The number of alkyl halides is 2. The van der Waals surface area contributed by atoms with Crippen LogP contribution in [0.2, 0.25) is 0 Å². The van der Waals surface area contributed by atoms with Gasteiger partial charge in [0.25, 0.3) is 12.3 Å². The number of hydrogen-bond donors (Lipinski definition) is 4. The number of aromatic nitrogens is 3. The second-order valence-electron chi connectivity index (χ2n) is 10.9. The maximum atomic E-state index is 15.0. The molecular formula is C26H33F3N4O6S. The van der Waals surface area contributed by atoms with Crippen LogP contribution in [0.3, 0.4) is 0 Å². The van der Waals surface area contributed by atoms with Gasteiger partial charge >= 0.3 is 5.69 Å². The third kappa shape index (κ3) is 6.14. The van der Waals surface area contributed by atoms with Gasteiger partial charge in [0.2, 0.25) is 5.88 Å². The molecule has 1 saturated heterocycles. The average molecular weight is 587 g/mol. The number of carbonyl (C=O) groups is 1. The summed E-state index contributed by atoms with van der Waals surface area (Å²) in [4.78, 5) is 30.7. The van der Waals surface area contributed by atoms with Crippen molar-refractivity contribution in [3.8, 4) is 11.6 Å². The predicted molar refractivity (Wildman–Crippen MR) is 145 cm³/mol. The zero-order chi connectivity index (χ0) is 29.6. The van der Waals surface area contributed by atoms with Gasteiger partial charge in [-0.05, 0) is 58.7 Å². The Hall–Kier alpha value is -3.07. The van der Waals surface area contributed by atoms with Gasteiger partial charge in [-0.2, -0.15) is 10.6 Å². The zero-order valence-electron chi connectivity index (χ0n) is 22.5. The normalized spacial score (nSPS) is 18.5. The molecular weight excluding hydrogens is 553 g/mol. The Morgan fingerprint density at radius 1 is 1.23 bits per heavy atom. The van der Waals surface area contributed by atoms with Gasteiger partial charge in [-0.1, -0.05) is 0 Å². The van der Waals surface area contributed by atoms with Crippen LogP contribution in [-0.2, 0) is 0 Å². The lowest BCUT2D eigenvalue weighted by Gasteiger charge is -2.44. The van der Waals surface area contributed by atoms with Crippen LogP contribution in [0.5, 0.6) is 5.88 Å². The van der Waals surface area contributed by atoms with Crippen LogP contribution in [0.15, 0.2) is 35.3 Å². The number of hydrogen-bond acceptors (Lipinski definition) is 7. The number of aliphatic hydroxyl groups is 1. The third-order valence-corrected chi connectivity index (χ3v) is 9.05. The molecule has 1 fully saturated rings. The zero-order valence-corrected chi connectivity index (χ0v) is 23.3. The number of rotatable bonds is 8. The fraction of sp³-hybridized carbons (Fsp3) is 0.500. The van der Waals surface area contributed by atoms with Crippen molar-refractivity contribution in [3.63, 3.8) is 0 Å². The van der Waals surface area contributed by atoms with Crippen molar-refractivity contribution in [1.29, 1.82) is 0 Å². The highest BCUT2D eigenvalue weighted by molar-refractivity contribution is 8.24. The summed E-state index contributed by atoms with van der Waals surface area (Å²) in [6.45, 7) is 5.45. The minimum Gasteiger partial charge on any atom is -0.472 e. The summed E-state index contributed by atoms with van der Waals surface area (Å²) in [5, 5.41) is 13.7. The van der Waals surface area contributed by atoms with Gasteiger partial charge < -0.3 is 15.2 Å². The smallest absolute Gasteiger partial charge is 0.334 e. The molecule has 4 N–H and O–H groups in total. The van der Waals surface area contributed by atoms with Crippen molar-refractivity contribution in [3.05, 3.63) is 52.3 Å². The summed E-state index contributed by atoms with van der Waals surface area (Å²) in [6.07, 6.45) is -1.29. The van der Waals surface area contributed by atoms with E-state index < -0.39 is 58.2 Å². The predicted octanol–water partition coefficient (Wildman–Crippen LogP) is 4.34. The maximum Gasteiger partial charge on any atom is 0.334 e. The standard InChI is InChI=1S/C26H33F3N4O6S/c1-15(25(2,3)36)32-20-11-16(23(34)31-26(4)7-9-40(37,38)10-8-26)5-6-18(20)33(24(32)35)19-12-22(30-13-17(19)27)39-14-21(28)29/h5-6,11-13,15,21,36-38H,7-10,14H2,1-4H3,(H,31,34). The van der Waals surface area contributed by atoms with Gasteiger partial charge in [-0.15, -0.1) is 0 Å². The Bertz CT molecular complexity index is 1470. The molecule has 0 spiro atoms. The lowest BCUT2D eigenvalue weighted by molar-refractivity contribution is 0.0307. The van der Waals surface area contributed by atoms with Crippen molar-refractivity contribution in [2.24, 2.45) is 0 Å². The molecule has 0 radical (unpaired) electrons. The molecule has 220 valence electrons. The van der Waals surface area contributed by atoms with Crippen molar-refractivity contribution in [2.45, 2.75) is 64.1 Å². The lowest BCUT2D eigenvalue weighted by atomic mass is 9.94. The monoisotopic (exact) mass is 586 g/mol. The minimum atomic E-state index is -2.79. The van der Waals surface area contributed by atoms with Gasteiger partial charge in [-0.3, -0.25) is 23.0 Å². The van der Waals surface area contributed by atoms with E-state index >= 15 is 0 Å².